The Bertz CT molecular complexity index is 581. The molecule has 0 spiro atoms. The van der Waals surface area contributed by atoms with Crippen molar-refractivity contribution in [1.82, 2.24) is 5.32 Å². The summed E-state index contributed by atoms with van der Waals surface area (Å²) in [6, 6.07) is 11.7. The normalized spacial score (nSPS) is 18.9. The van der Waals surface area contributed by atoms with Crippen molar-refractivity contribution in [2.24, 2.45) is 10.7 Å². The van der Waals surface area contributed by atoms with E-state index in [-0.39, 0.29) is 6.04 Å². The highest BCUT2D eigenvalue weighted by Crippen LogP contribution is 2.17. The van der Waals surface area contributed by atoms with Gasteiger partial charge in [0.25, 0.3) is 0 Å². The smallest absolute Gasteiger partial charge is 0.162 e. The number of thioether (sulfide) groups is 1. The quantitative estimate of drug-likeness (QED) is 0.863. The van der Waals surface area contributed by atoms with Gasteiger partial charge in [0, 0.05) is 0 Å². The summed E-state index contributed by atoms with van der Waals surface area (Å²) >= 11 is 1.47. The SMILES string of the molecule is CSC1=NC(/C=C/c2ccccc2)C(C#N)=C(N)N1. The first-order valence-electron chi connectivity index (χ1n) is 5.76. The molecule has 1 atom stereocenters. The molecule has 0 fully saturated rings. The van der Waals surface area contributed by atoms with Gasteiger partial charge in [-0.25, -0.2) is 4.99 Å². The summed E-state index contributed by atoms with van der Waals surface area (Å²) in [5, 5.41) is 12.8. The lowest BCUT2D eigenvalue weighted by Gasteiger charge is -2.19. The van der Waals surface area contributed by atoms with Crippen LogP contribution < -0.4 is 11.1 Å². The number of nitrogens with zero attached hydrogens (tertiary/aromatic N) is 2. The Morgan fingerprint density at radius 3 is 2.79 bits per heavy atom. The number of benzene rings is 1. The number of rotatable bonds is 2. The fraction of sp³-hybridized carbons (Fsp3) is 0.143. The van der Waals surface area contributed by atoms with Gasteiger partial charge in [0.15, 0.2) is 5.17 Å². The Hall–Kier alpha value is -2.19. The predicted octanol–water partition coefficient (Wildman–Crippen LogP) is 2.08. The van der Waals surface area contributed by atoms with Crippen LogP contribution in [-0.2, 0) is 0 Å². The van der Waals surface area contributed by atoms with Gasteiger partial charge < -0.3 is 11.1 Å². The summed E-state index contributed by atoms with van der Waals surface area (Å²) in [5.74, 6) is 0.379. The van der Waals surface area contributed by atoms with E-state index in [4.69, 9.17) is 11.0 Å². The minimum Gasteiger partial charge on any atom is -0.384 e. The molecule has 4 nitrogen and oxygen atoms in total. The van der Waals surface area contributed by atoms with E-state index in [0.29, 0.717) is 11.4 Å². The molecule has 0 saturated heterocycles. The van der Waals surface area contributed by atoms with Crippen LogP contribution in [0.5, 0.6) is 0 Å². The van der Waals surface area contributed by atoms with Gasteiger partial charge >= 0.3 is 0 Å². The average molecular weight is 270 g/mol. The number of hydrogen-bond acceptors (Lipinski definition) is 5. The first-order chi connectivity index (χ1) is 9.24. The topological polar surface area (TPSA) is 74.2 Å². The molecule has 1 aliphatic heterocycles. The Morgan fingerprint density at radius 2 is 2.16 bits per heavy atom. The van der Waals surface area contributed by atoms with E-state index in [1.807, 2.05) is 48.7 Å². The molecule has 2 rings (SSSR count). The zero-order valence-electron chi connectivity index (χ0n) is 10.5. The van der Waals surface area contributed by atoms with Crippen LogP contribution in [0.15, 0.2) is 52.8 Å². The molecule has 0 amide bonds. The van der Waals surface area contributed by atoms with Crippen molar-refractivity contribution in [2.45, 2.75) is 6.04 Å². The van der Waals surface area contributed by atoms with Crippen molar-refractivity contribution in [3.8, 4) is 6.07 Å². The monoisotopic (exact) mass is 270 g/mol. The van der Waals surface area contributed by atoms with Crippen LogP contribution in [0.2, 0.25) is 0 Å². The third kappa shape index (κ3) is 3.18. The second-order valence-electron chi connectivity index (χ2n) is 3.92. The number of aliphatic imine (C=N–C) groups is 1. The van der Waals surface area contributed by atoms with Crippen LogP contribution in [0, 0.1) is 11.3 Å². The summed E-state index contributed by atoms with van der Waals surface area (Å²) in [6.45, 7) is 0. The standard InChI is InChI=1S/C14H14N4S/c1-19-14-17-12(11(9-15)13(16)18-14)8-7-10-5-3-2-4-6-10/h2-8,12H,16H2,1H3,(H,17,18)/b8-7+. The third-order valence-electron chi connectivity index (χ3n) is 2.67. The molecule has 0 bridgehead atoms. The maximum Gasteiger partial charge on any atom is 0.162 e. The van der Waals surface area contributed by atoms with Gasteiger partial charge in [0.05, 0.1) is 5.57 Å². The fourth-order valence-electron chi connectivity index (χ4n) is 1.70. The highest BCUT2D eigenvalue weighted by Gasteiger charge is 2.20. The van der Waals surface area contributed by atoms with E-state index in [2.05, 4.69) is 16.4 Å². The van der Waals surface area contributed by atoms with E-state index in [0.717, 1.165) is 10.7 Å². The van der Waals surface area contributed by atoms with Gasteiger partial charge in [-0.15, -0.1) is 0 Å². The maximum absolute atomic E-state index is 9.15. The lowest BCUT2D eigenvalue weighted by molar-refractivity contribution is 0.884. The maximum atomic E-state index is 9.15. The van der Waals surface area contributed by atoms with Crippen molar-refractivity contribution in [1.29, 1.82) is 5.26 Å². The Morgan fingerprint density at radius 1 is 1.42 bits per heavy atom. The molecule has 1 heterocycles. The van der Waals surface area contributed by atoms with Crippen molar-refractivity contribution < 1.29 is 0 Å². The lowest BCUT2D eigenvalue weighted by Crippen LogP contribution is -2.34. The molecule has 19 heavy (non-hydrogen) atoms. The van der Waals surface area contributed by atoms with E-state index in [1.54, 1.807) is 0 Å². The van der Waals surface area contributed by atoms with Gasteiger partial charge in [0.1, 0.15) is 17.9 Å². The Balaban J connectivity index is 2.26. The summed E-state index contributed by atoms with van der Waals surface area (Å²) in [7, 11) is 0. The molecule has 0 saturated carbocycles. The molecule has 1 aromatic rings. The molecule has 1 aliphatic rings. The van der Waals surface area contributed by atoms with E-state index >= 15 is 0 Å². The number of hydrogen-bond donors (Lipinski definition) is 2. The van der Waals surface area contributed by atoms with Crippen LogP contribution >= 0.6 is 11.8 Å². The largest absolute Gasteiger partial charge is 0.384 e. The molecular formula is C14H14N4S. The summed E-state index contributed by atoms with van der Waals surface area (Å²) < 4.78 is 0. The minimum atomic E-state index is -0.325. The molecule has 1 aromatic carbocycles. The van der Waals surface area contributed by atoms with Crippen molar-refractivity contribution in [2.75, 3.05) is 6.26 Å². The number of nitrogens with one attached hydrogen (secondary N) is 1. The molecule has 0 aliphatic carbocycles. The predicted molar refractivity (Wildman–Crippen MR) is 80.2 cm³/mol. The van der Waals surface area contributed by atoms with E-state index in [9.17, 15) is 0 Å². The van der Waals surface area contributed by atoms with E-state index in [1.165, 1.54) is 11.8 Å². The average Bonchev–Trinajstić information content (AvgIpc) is 2.45. The number of nitrogens with two attached hydrogens (primary N) is 1. The molecule has 0 aromatic heterocycles. The van der Waals surface area contributed by atoms with Crippen LogP contribution in [0.25, 0.3) is 6.08 Å². The first kappa shape index (κ1) is 13.2. The van der Waals surface area contributed by atoms with Gasteiger partial charge in [0.2, 0.25) is 0 Å². The van der Waals surface area contributed by atoms with Gasteiger partial charge in [-0.2, -0.15) is 5.26 Å². The van der Waals surface area contributed by atoms with Gasteiger partial charge in [-0.3, -0.25) is 0 Å². The zero-order valence-corrected chi connectivity index (χ0v) is 11.3. The van der Waals surface area contributed by atoms with Crippen molar-refractivity contribution >= 4 is 23.0 Å². The highest BCUT2D eigenvalue weighted by molar-refractivity contribution is 8.13. The highest BCUT2D eigenvalue weighted by atomic mass is 32.2. The van der Waals surface area contributed by atoms with Gasteiger partial charge in [-0.1, -0.05) is 54.2 Å². The first-order valence-corrected chi connectivity index (χ1v) is 6.99. The summed E-state index contributed by atoms with van der Waals surface area (Å²) in [5.41, 5.74) is 7.35. The summed E-state index contributed by atoms with van der Waals surface area (Å²) in [6.07, 6.45) is 5.74. The van der Waals surface area contributed by atoms with Crippen LogP contribution in [0.4, 0.5) is 0 Å². The summed E-state index contributed by atoms with van der Waals surface area (Å²) in [4.78, 5) is 4.44. The van der Waals surface area contributed by atoms with Crippen molar-refractivity contribution in [3.05, 3.63) is 53.4 Å². The molecule has 5 heteroatoms. The third-order valence-corrected chi connectivity index (χ3v) is 3.26. The number of amidine groups is 1. The Labute approximate surface area is 116 Å². The van der Waals surface area contributed by atoms with Crippen molar-refractivity contribution in [3.63, 3.8) is 0 Å². The second kappa shape index (κ2) is 6.12. The van der Waals surface area contributed by atoms with Gasteiger partial charge in [-0.05, 0) is 11.8 Å². The molecule has 0 radical (unpaired) electrons. The van der Waals surface area contributed by atoms with Crippen LogP contribution in [-0.4, -0.2) is 17.5 Å². The molecule has 3 N–H and O–H groups in total. The molecule has 96 valence electrons. The molecular weight excluding hydrogens is 256 g/mol. The van der Waals surface area contributed by atoms with E-state index < -0.39 is 0 Å². The van der Waals surface area contributed by atoms with Crippen LogP contribution in [0.1, 0.15) is 5.56 Å². The second-order valence-corrected chi connectivity index (χ2v) is 4.71. The number of nitriles is 1. The zero-order chi connectivity index (χ0) is 13.7. The lowest BCUT2D eigenvalue weighted by atomic mass is 10.1. The molecule has 1 unspecified atom stereocenters. The minimum absolute atomic E-state index is 0.325. The fourth-order valence-corrected chi connectivity index (χ4v) is 2.13. The Kier molecular flexibility index (Phi) is 4.26. The van der Waals surface area contributed by atoms with Crippen LogP contribution in [0.3, 0.4) is 0 Å².